The van der Waals surface area contributed by atoms with Crippen LogP contribution in [-0.2, 0) is 11.3 Å². The monoisotopic (exact) mass is 390 g/mol. The highest BCUT2D eigenvalue weighted by Gasteiger charge is 2.14. The Morgan fingerprint density at radius 1 is 1.19 bits per heavy atom. The van der Waals surface area contributed by atoms with E-state index in [1.165, 1.54) is 0 Å². The summed E-state index contributed by atoms with van der Waals surface area (Å²) in [5.41, 5.74) is 8.01. The van der Waals surface area contributed by atoms with Gasteiger partial charge in [-0.05, 0) is 42.8 Å². The van der Waals surface area contributed by atoms with Gasteiger partial charge < -0.3 is 30.5 Å². The van der Waals surface area contributed by atoms with E-state index in [9.17, 15) is 9.59 Å². The number of hydrogen-bond donors (Lipinski definition) is 4. The van der Waals surface area contributed by atoms with Crippen molar-refractivity contribution in [2.24, 2.45) is 5.73 Å². The molecular formula is C18H19ClN4O4. The van der Waals surface area contributed by atoms with Gasteiger partial charge in [0.05, 0.1) is 22.7 Å². The second kappa shape index (κ2) is 8.05. The van der Waals surface area contributed by atoms with E-state index in [0.717, 1.165) is 16.8 Å². The molecule has 3 rings (SSSR count). The number of halogens is 1. The second-order valence-corrected chi connectivity index (χ2v) is 6.19. The van der Waals surface area contributed by atoms with Crippen molar-refractivity contribution in [1.82, 2.24) is 9.97 Å². The molecule has 0 saturated carbocycles. The predicted molar refractivity (Wildman–Crippen MR) is 104 cm³/mol. The van der Waals surface area contributed by atoms with Crippen molar-refractivity contribution in [3.05, 3.63) is 51.4 Å². The third kappa shape index (κ3) is 4.53. The number of hydrogen-bond acceptors (Lipinski definition) is 5. The van der Waals surface area contributed by atoms with Gasteiger partial charge in [0, 0.05) is 12.2 Å². The number of ether oxygens (including phenoxy) is 2. The van der Waals surface area contributed by atoms with Crippen LogP contribution in [0.25, 0.3) is 11.0 Å². The number of nitrogens with one attached hydrogen (secondary N) is 3. The summed E-state index contributed by atoms with van der Waals surface area (Å²) in [6.07, 6.45) is 0. The number of benzene rings is 2. The summed E-state index contributed by atoms with van der Waals surface area (Å²) in [6.45, 7) is 2.43. The zero-order chi connectivity index (χ0) is 19.4. The highest BCUT2D eigenvalue weighted by atomic mass is 35.5. The molecule has 3 aromatic rings. The fourth-order valence-electron chi connectivity index (χ4n) is 2.62. The van der Waals surface area contributed by atoms with Gasteiger partial charge in [0.1, 0.15) is 0 Å². The van der Waals surface area contributed by atoms with Gasteiger partial charge in [0.25, 0.3) is 5.91 Å². The molecule has 0 atom stereocenters. The van der Waals surface area contributed by atoms with Gasteiger partial charge >= 0.3 is 5.69 Å². The van der Waals surface area contributed by atoms with Gasteiger partial charge in [-0.15, -0.1) is 0 Å². The molecule has 0 radical (unpaired) electrons. The molecule has 142 valence electrons. The molecule has 9 heteroatoms. The molecule has 0 aliphatic carbocycles. The lowest BCUT2D eigenvalue weighted by Crippen LogP contribution is -2.20. The SMILES string of the molecule is CCOc1cc(CNc2ccc3[nH]c(=O)[nH]c3c2)cc(Cl)c1OCC(N)=O. The standard InChI is InChI=1S/C18H19ClN4O4/c1-2-26-15-6-10(5-12(19)17(15)27-9-16(20)24)8-21-11-3-4-13-14(7-11)23-18(25)22-13/h3-7,21H,2,8-9H2,1H3,(H2,20,24)(H2,22,23,25). The Bertz CT molecular complexity index is 1030. The summed E-state index contributed by atoms with van der Waals surface area (Å²) in [7, 11) is 0. The lowest BCUT2D eigenvalue weighted by Gasteiger charge is -2.15. The highest BCUT2D eigenvalue weighted by molar-refractivity contribution is 6.32. The number of rotatable bonds is 8. The van der Waals surface area contributed by atoms with Crippen molar-refractivity contribution in [2.45, 2.75) is 13.5 Å². The summed E-state index contributed by atoms with van der Waals surface area (Å²) in [6, 6.07) is 9.03. The summed E-state index contributed by atoms with van der Waals surface area (Å²) in [5.74, 6) is 0.123. The average molecular weight is 391 g/mol. The molecule has 0 unspecified atom stereocenters. The van der Waals surface area contributed by atoms with Gasteiger partial charge in [0.15, 0.2) is 18.1 Å². The highest BCUT2D eigenvalue weighted by Crippen LogP contribution is 2.37. The number of nitrogens with two attached hydrogens (primary N) is 1. The molecule has 8 nitrogen and oxygen atoms in total. The first-order valence-corrected chi connectivity index (χ1v) is 8.66. The van der Waals surface area contributed by atoms with E-state index in [4.69, 9.17) is 26.8 Å². The molecule has 27 heavy (non-hydrogen) atoms. The van der Waals surface area contributed by atoms with Crippen LogP contribution in [0.3, 0.4) is 0 Å². The predicted octanol–water partition coefficient (Wildman–Crippen LogP) is 2.38. The molecule has 1 amide bonds. The Labute approximate surface area is 159 Å². The topological polar surface area (TPSA) is 122 Å². The maximum Gasteiger partial charge on any atom is 0.323 e. The van der Waals surface area contributed by atoms with E-state index < -0.39 is 5.91 Å². The van der Waals surface area contributed by atoms with Crippen LogP contribution in [-0.4, -0.2) is 29.1 Å². The number of fused-ring (bicyclic) bond motifs is 1. The first-order chi connectivity index (χ1) is 13.0. The van der Waals surface area contributed by atoms with Crippen LogP contribution in [0, 0.1) is 0 Å². The van der Waals surface area contributed by atoms with E-state index >= 15 is 0 Å². The minimum atomic E-state index is -0.600. The third-order valence-corrected chi connectivity index (χ3v) is 4.02. The number of H-pyrrole nitrogens is 2. The smallest absolute Gasteiger partial charge is 0.323 e. The Kier molecular flexibility index (Phi) is 5.56. The van der Waals surface area contributed by atoms with Gasteiger partial charge in [-0.2, -0.15) is 0 Å². The van der Waals surface area contributed by atoms with Gasteiger partial charge in [-0.3, -0.25) is 4.79 Å². The largest absolute Gasteiger partial charge is 0.490 e. The van der Waals surface area contributed by atoms with E-state index in [-0.39, 0.29) is 18.0 Å². The zero-order valence-electron chi connectivity index (χ0n) is 14.6. The number of imidazole rings is 1. The molecular weight excluding hydrogens is 372 g/mol. The molecule has 1 aromatic heterocycles. The van der Waals surface area contributed by atoms with Crippen molar-refractivity contribution in [3.63, 3.8) is 0 Å². The molecule has 0 fully saturated rings. The van der Waals surface area contributed by atoms with Crippen LogP contribution in [0.1, 0.15) is 12.5 Å². The van der Waals surface area contributed by atoms with Gasteiger partial charge in [-0.25, -0.2) is 4.79 Å². The number of aromatic nitrogens is 2. The van der Waals surface area contributed by atoms with E-state index in [2.05, 4.69) is 15.3 Å². The van der Waals surface area contributed by atoms with Crippen molar-refractivity contribution in [1.29, 1.82) is 0 Å². The molecule has 0 aliphatic heterocycles. The fourth-order valence-corrected chi connectivity index (χ4v) is 2.90. The van der Waals surface area contributed by atoms with E-state index in [1.807, 2.05) is 25.1 Å². The summed E-state index contributed by atoms with van der Waals surface area (Å²) in [4.78, 5) is 27.7. The minimum Gasteiger partial charge on any atom is -0.490 e. The number of amides is 1. The molecule has 0 aliphatic rings. The molecule has 1 heterocycles. The fraction of sp³-hybridized carbons (Fsp3) is 0.222. The van der Waals surface area contributed by atoms with Crippen molar-refractivity contribution < 1.29 is 14.3 Å². The zero-order valence-corrected chi connectivity index (χ0v) is 15.4. The number of carbonyl (C=O) groups excluding carboxylic acids is 1. The maximum atomic E-state index is 11.3. The lowest BCUT2D eigenvalue weighted by atomic mass is 10.2. The third-order valence-electron chi connectivity index (χ3n) is 3.74. The number of anilines is 1. The van der Waals surface area contributed by atoms with Gasteiger partial charge in [-0.1, -0.05) is 11.6 Å². The molecule has 0 spiro atoms. The Morgan fingerprint density at radius 3 is 2.70 bits per heavy atom. The molecule has 0 saturated heterocycles. The first kappa shape index (κ1) is 18.7. The maximum absolute atomic E-state index is 11.3. The quantitative estimate of drug-likeness (QED) is 0.470. The van der Waals surface area contributed by atoms with Crippen LogP contribution in [0.2, 0.25) is 5.02 Å². The number of carbonyl (C=O) groups is 1. The molecule has 0 bridgehead atoms. The summed E-state index contributed by atoms with van der Waals surface area (Å²) >= 11 is 6.29. The number of aromatic amines is 2. The van der Waals surface area contributed by atoms with E-state index in [1.54, 1.807) is 12.1 Å². The van der Waals surface area contributed by atoms with Crippen molar-refractivity contribution in [2.75, 3.05) is 18.5 Å². The van der Waals surface area contributed by atoms with Crippen LogP contribution >= 0.6 is 11.6 Å². The number of primary amides is 1. The Balaban J connectivity index is 1.78. The summed E-state index contributed by atoms with van der Waals surface area (Å²) < 4.78 is 10.9. The Hall–Kier alpha value is -3.13. The minimum absolute atomic E-state index is 0.248. The van der Waals surface area contributed by atoms with Crippen LogP contribution in [0.15, 0.2) is 35.1 Å². The van der Waals surface area contributed by atoms with Crippen LogP contribution < -0.4 is 26.2 Å². The summed E-state index contributed by atoms with van der Waals surface area (Å²) in [5, 5.41) is 3.59. The Morgan fingerprint density at radius 2 is 1.96 bits per heavy atom. The normalized spacial score (nSPS) is 10.7. The van der Waals surface area contributed by atoms with Crippen molar-refractivity contribution in [3.8, 4) is 11.5 Å². The van der Waals surface area contributed by atoms with Crippen LogP contribution in [0.5, 0.6) is 11.5 Å². The first-order valence-electron chi connectivity index (χ1n) is 8.28. The van der Waals surface area contributed by atoms with Gasteiger partial charge in [0.2, 0.25) is 0 Å². The molecule has 2 aromatic carbocycles. The molecule has 5 N–H and O–H groups in total. The van der Waals surface area contributed by atoms with Crippen LogP contribution in [0.4, 0.5) is 5.69 Å². The van der Waals surface area contributed by atoms with E-state index in [0.29, 0.717) is 29.4 Å². The van der Waals surface area contributed by atoms with Crippen molar-refractivity contribution >= 4 is 34.2 Å². The average Bonchev–Trinajstić information content (AvgIpc) is 2.98. The second-order valence-electron chi connectivity index (χ2n) is 5.79. The lowest BCUT2D eigenvalue weighted by molar-refractivity contribution is -0.119.